The number of oxazole rings is 1. The standard InChI is InChI=1S/C17H18N2O3S/c1-10-7-11(2)17(12(3)8-10)19-23(20,21)14-5-6-16-15(9-14)18-13(4)22-16/h5-9,19H,1-4H3. The maximum atomic E-state index is 12.7. The van der Waals surface area contributed by atoms with Crippen molar-refractivity contribution in [2.24, 2.45) is 0 Å². The van der Waals surface area contributed by atoms with Gasteiger partial charge in [0, 0.05) is 6.92 Å². The number of aryl methyl sites for hydroxylation is 4. The second-order valence-electron chi connectivity index (χ2n) is 5.74. The highest BCUT2D eigenvalue weighted by molar-refractivity contribution is 7.92. The van der Waals surface area contributed by atoms with Crippen LogP contribution in [0.15, 0.2) is 39.6 Å². The first kappa shape index (κ1) is 15.6. The monoisotopic (exact) mass is 330 g/mol. The van der Waals surface area contributed by atoms with Crippen molar-refractivity contribution in [2.45, 2.75) is 32.6 Å². The second-order valence-corrected chi connectivity index (χ2v) is 7.42. The Balaban J connectivity index is 2.03. The van der Waals surface area contributed by atoms with Crippen LogP contribution in [-0.4, -0.2) is 13.4 Å². The smallest absolute Gasteiger partial charge is 0.261 e. The van der Waals surface area contributed by atoms with Gasteiger partial charge >= 0.3 is 0 Å². The Morgan fingerprint density at radius 2 is 1.65 bits per heavy atom. The number of hydrogen-bond acceptors (Lipinski definition) is 4. The van der Waals surface area contributed by atoms with Crippen LogP contribution in [0.5, 0.6) is 0 Å². The zero-order valence-corrected chi connectivity index (χ0v) is 14.3. The zero-order chi connectivity index (χ0) is 16.8. The van der Waals surface area contributed by atoms with Gasteiger partial charge in [-0.2, -0.15) is 0 Å². The molecule has 6 heteroatoms. The molecule has 2 aromatic carbocycles. The number of sulfonamides is 1. The van der Waals surface area contributed by atoms with Crippen molar-refractivity contribution in [3.05, 3.63) is 52.9 Å². The average molecular weight is 330 g/mol. The van der Waals surface area contributed by atoms with Gasteiger partial charge in [0.1, 0.15) is 5.52 Å². The number of anilines is 1. The number of nitrogens with zero attached hydrogens (tertiary/aromatic N) is 1. The fourth-order valence-corrected chi connectivity index (χ4v) is 3.95. The molecule has 1 heterocycles. The van der Waals surface area contributed by atoms with E-state index in [4.69, 9.17) is 4.42 Å². The molecule has 0 saturated carbocycles. The highest BCUT2D eigenvalue weighted by atomic mass is 32.2. The fraction of sp³-hybridized carbons (Fsp3) is 0.235. The summed E-state index contributed by atoms with van der Waals surface area (Å²) < 4.78 is 33.4. The van der Waals surface area contributed by atoms with Gasteiger partial charge in [-0.05, 0) is 50.1 Å². The van der Waals surface area contributed by atoms with E-state index in [2.05, 4.69) is 9.71 Å². The van der Waals surface area contributed by atoms with Crippen LogP contribution in [0.25, 0.3) is 11.1 Å². The van der Waals surface area contributed by atoms with E-state index in [1.807, 2.05) is 32.9 Å². The summed E-state index contributed by atoms with van der Waals surface area (Å²) in [6.45, 7) is 7.49. The normalized spacial score (nSPS) is 11.8. The molecule has 0 saturated heterocycles. The third kappa shape index (κ3) is 2.94. The molecule has 3 aromatic rings. The molecule has 0 atom stereocenters. The van der Waals surface area contributed by atoms with Gasteiger partial charge in [-0.1, -0.05) is 17.7 Å². The van der Waals surface area contributed by atoms with Crippen molar-refractivity contribution < 1.29 is 12.8 Å². The molecule has 0 radical (unpaired) electrons. The maximum absolute atomic E-state index is 12.7. The van der Waals surface area contributed by atoms with E-state index < -0.39 is 10.0 Å². The number of benzene rings is 2. The Morgan fingerprint density at radius 1 is 1.00 bits per heavy atom. The lowest BCUT2D eigenvalue weighted by molar-refractivity contribution is 0.561. The van der Waals surface area contributed by atoms with Crippen molar-refractivity contribution in [1.82, 2.24) is 4.98 Å². The van der Waals surface area contributed by atoms with Crippen LogP contribution in [0.1, 0.15) is 22.6 Å². The van der Waals surface area contributed by atoms with E-state index >= 15 is 0 Å². The van der Waals surface area contributed by atoms with E-state index in [0.717, 1.165) is 16.7 Å². The Labute approximate surface area is 135 Å². The molecular formula is C17H18N2O3S. The minimum atomic E-state index is -3.69. The van der Waals surface area contributed by atoms with Crippen LogP contribution in [0.3, 0.4) is 0 Å². The number of aromatic nitrogens is 1. The third-order valence-corrected chi connectivity index (χ3v) is 5.04. The first-order chi connectivity index (χ1) is 10.8. The van der Waals surface area contributed by atoms with Gasteiger partial charge in [-0.3, -0.25) is 4.72 Å². The van der Waals surface area contributed by atoms with E-state index in [1.54, 1.807) is 13.0 Å². The first-order valence-electron chi connectivity index (χ1n) is 7.24. The highest BCUT2D eigenvalue weighted by Gasteiger charge is 2.18. The summed E-state index contributed by atoms with van der Waals surface area (Å²) in [6, 6.07) is 8.57. The van der Waals surface area contributed by atoms with Gasteiger partial charge < -0.3 is 4.42 Å². The SMILES string of the molecule is Cc1cc(C)c(NS(=O)(=O)c2ccc3oc(C)nc3c2)c(C)c1. The van der Waals surface area contributed by atoms with Crippen LogP contribution < -0.4 is 4.72 Å². The van der Waals surface area contributed by atoms with Gasteiger partial charge in [0.25, 0.3) is 10.0 Å². The molecule has 0 unspecified atom stereocenters. The van der Waals surface area contributed by atoms with Crippen molar-refractivity contribution in [3.8, 4) is 0 Å². The minimum absolute atomic E-state index is 0.165. The Bertz CT molecular complexity index is 981. The molecule has 120 valence electrons. The number of rotatable bonds is 3. The van der Waals surface area contributed by atoms with Gasteiger partial charge in [0.2, 0.25) is 0 Å². The van der Waals surface area contributed by atoms with Crippen molar-refractivity contribution >= 4 is 26.8 Å². The van der Waals surface area contributed by atoms with Crippen LogP contribution in [-0.2, 0) is 10.0 Å². The molecule has 1 aromatic heterocycles. The third-order valence-electron chi connectivity index (χ3n) is 3.69. The highest BCUT2D eigenvalue weighted by Crippen LogP contribution is 2.26. The first-order valence-corrected chi connectivity index (χ1v) is 8.72. The maximum Gasteiger partial charge on any atom is 0.261 e. The summed E-state index contributed by atoms with van der Waals surface area (Å²) in [5.41, 5.74) is 4.61. The molecule has 23 heavy (non-hydrogen) atoms. The van der Waals surface area contributed by atoms with Gasteiger partial charge in [0.15, 0.2) is 11.5 Å². The minimum Gasteiger partial charge on any atom is -0.441 e. The van der Waals surface area contributed by atoms with Gasteiger partial charge in [-0.25, -0.2) is 13.4 Å². The van der Waals surface area contributed by atoms with Crippen molar-refractivity contribution in [1.29, 1.82) is 0 Å². The van der Waals surface area contributed by atoms with Crippen molar-refractivity contribution in [2.75, 3.05) is 4.72 Å². The summed E-state index contributed by atoms with van der Waals surface area (Å²) in [7, 11) is -3.69. The quantitative estimate of drug-likeness (QED) is 0.791. The summed E-state index contributed by atoms with van der Waals surface area (Å²) in [6.07, 6.45) is 0. The lowest BCUT2D eigenvalue weighted by atomic mass is 10.1. The van der Waals surface area contributed by atoms with E-state index in [0.29, 0.717) is 22.7 Å². The Morgan fingerprint density at radius 3 is 2.30 bits per heavy atom. The zero-order valence-electron chi connectivity index (χ0n) is 13.5. The number of hydrogen-bond donors (Lipinski definition) is 1. The lowest BCUT2D eigenvalue weighted by Crippen LogP contribution is -2.14. The fourth-order valence-electron chi connectivity index (χ4n) is 2.72. The van der Waals surface area contributed by atoms with Crippen molar-refractivity contribution in [3.63, 3.8) is 0 Å². The molecule has 0 aliphatic carbocycles. The molecule has 5 nitrogen and oxygen atoms in total. The predicted octanol–water partition coefficient (Wildman–Crippen LogP) is 3.86. The molecule has 0 spiro atoms. The summed E-state index contributed by atoms with van der Waals surface area (Å²) in [4.78, 5) is 4.35. The van der Waals surface area contributed by atoms with Crippen LogP contribution in [0, 0.1) is 27.7 Å². The van der Waals surface area contributed by atoms with E-state index in [-0.39, 0.29) is 4.90 Å². The Hall–Kier alpha value is -2.34. The summed E-state index contributed by atoms with van der Waals surface area (Å²) in [5.74, 6) is 0.507. The van der Waals surface area contributed by atoms with E-state index in [9.17, 15) is 8.42 Å². The number of nitrogens with one attached hydrogen (secondary N) is 1. The molecule has 0 bridgehead atoms. The predicted molar refractivity (Wildman–Crippen MR) is 90.2 cm³/mol. The van der Waals surface area contributed by atoms with Crippen LogP contribution >= 0.6 is 0 Å². The molecule has 1 N–H and O–H groups in total. The molecule has 0 aliphatic rings. The Kier molecular flexibility index (Phi) is 3.64. The lowest BCUT2D eigenvalue weighted by Gasteiger charge is -2.14. The molecule has 0 amide bonds. The van der Waals surface area contributed by atoms with Gasteiger partial charge in [-0.15, -0.1) is 0 Å². The molecular weight excluding hydrogens is 312 g/mol. The van der Waals surface area contributed by atoms with Crippen LogP contribution in [0.4, 0.5) is 5.69 Å². The molecule has 0 aliphatic heterocycles. The largest absolute Gasteiger partial charge is 0.441 e. The van der Waals surface area contributed by atoms with Crippen LogP contribution in [0.2, 0.25) is 0 Å². The average Bonchev–Trinajstić information content (AvgIpc) is 2.82. The molecule has 3 rings (SSSR count). The van der Waals surface area contributed by atoms with E-state index in [1.165, 1.54) is 12.1 Å². The summed E-state index contributed by atoms with van der Waals surface area (Å²) >= 11 is 0. The topological polar surface area (TPSA) is 72.2 Å². The number of fused-ring (bicyclic) bond motifs is 1. The molecule has 0 fully saturated rings. The summed E-state index contributed by atoms with van der Waals surface area (Å²) in [5, 5.41) is 0. The second kappa shape index (κ2) is 5.38. The van der Waals surface area contributed by atoms with Gasteiger partial charge in [0.05, 0.1) is 10.6 Å².